The van der Waals surface area contributed by atoms with E-state index in [0.717, 1.165) is 11.1 Å². The number of pyridine rings is 1. The number of furan rings is 1. The van der Waals surface area contributed by atoms with Gasteiger partial charge in [0.25, 0.3) is 5.91 Å². The average Bonchev–Trinajstić information content (AvgIpc) is 3.42. The van der Waals surface area contributed by atoms with E-state index >= 15 is 0 Å². The first-order valence-corrected chi connectivity index (χ1v) is 9.52. The second-order valence-electron chi connectivity index (χ2n) is 6.56. The first kappa shape index (κ1) is 18.1. The number of nitrogens with zero attached hydrogens (tertiary/aromatic N) is 2. The summed E-state index contributed by atoms with van der Waals surface area (Å²) in [5.74, 6) is 0.936. The zero-order valence-corrected chi connectivity index (χ0v) is 16.3. The highest BCUT2D eigenvalue weighted by Gasteiger charge is 2.14. The number of carbonyl (C=O) groups excluding carboxylic acids is 1. The second-order valence-corrected chi connectivity index (χ2v) is 7.00. The summed E-state index contributed by atoms with van der Waals surface area (Å²) in [6.45, 7) is 0. The Bertz CT molecular complexity index is 1340. The molecule has 3 aromatic heterocycles. The van der Waals surface area contributed by atoms with E-state index in [2.05, 4.69) is 15.3 Å². The molecule has 30 heavy (non-hydrogen) atoms. The van der Waals surface area contributed by atoms with Gasteiger partial charge in [-0.25, -0.2) is 4.98 Å². The molecule has 2 aromatic carbocycles. The fourth-order valence-electron chi connectivity index (χ4n) is 3.05. The molecule has 0 aliphatic heterocycles. The number of benzene rings is 2. The van der Waals surface area contributed by atoms with Crippen molar-refractivity contribution in [3.63, 3.8) is 0 Å². The SMILES string of the molecule is O=C(Nc1ccc2oc(-c3ccncc3)nc2c1)c1ccc(-c2ccc(Cl)cc2)o1. The third-order valence-electron chi connectivity index (χ3n) is 4.53. The molecule has 7 heteroatoms. The molecule has 0 saturated carbocycles. The summed E-state index contributed by atoms with van der Waals surface area (Å²) in [6.07, 6.45) is 3.36. The van der Waals surface area contributed by atoms with Gasteiger partial charge in [0.1, 0.15) is 11.3 Å². The number of rotatable bonds is 4. The molecule has 0 radical (unpaired) electrons. The van der Waals surface area contributed by atoms with E-state index in [1.54, 1.807) is 54.9 Å². The molecule has 0 spiro atoms. The molecule has 0 unspecified atom stereocenters. The number of carbonyl (C=O) groups is 1. The lowest BCUT2D eigenvalue weighted by molar-refractivity contribution is 0.0997. The molecule has 146 valence electrons. The Morgan fingerprint density at radius 3 is 2.47 bits per heavy atom. The van der Waals surface area contributed by atoms with Crippen molar-refractivity contribution in [1.29, 1.82) is 0 Å². The van der Waals surface area contributed by atoms with Gasteiger partial charge in [-0.3, -0.25) is 9.78 Å². The largest absolute Gasteiger partial charge is 0.451 e. The maximum absolute atomic E-state index is 12.6. The van der Waals surface area contributed by atoms with Crippen molar-refractivity contribution >= 4 is 34.3 Å². The van der Waals surface area contributed by atoms with Gasteiger partial charge in [-0.2, -0.15) is 0 Å². The number of halogens is 1. The predicted molar refractivity (Wildman–Crippen MR) is 114 cm³/mol. The van der Waals surface area contributed by atoms with Crippen LogP contribution in [0.2, 0.25) is 5.02 Å². The fraction of sp³-hybridized carbons (Fsp3) is 0. The molecule has 1 N–H and O–H groups in total. The van der Waals surface area contributed by atoms with E-state index in [1.807, 2.05) is 24.3 Å². The van der Waals surface area contributed by atoms with Crippen molar-refractivity contribution in [1.82, 2.24) is 9.97 Å². The topological polar surface area (TPSA) is 81.2 Å². The molecule has 0 atom stereocenters. The van der Waals surface area contributed by atoms with Gasteiger partial charge in [-0.15, -0.1) is 0 Å². The van der Waals surface area contributed by atoms with Crippen LogP contribution < -0.4 is 5.32 Å². The highest BCUT2D eigenvalue weighted by Crippen LogP contribution is 2.27. The molecule has 0 aliphatic rings. The van der Waals surface area contributed by atoms with E-state index in [-0.39, 0.29) is 11.7 Å². The minimum absolute atomic E-state index is 0.206. The molecule has 1 amide bonds. The van der Waals surface area contributed by atoms with Crippen LogP contribution in [0.1, 0.15) is 10.6 Å². The maximum atomic E-state index is 12.6. The molecule has 0 fully saturated rings. The quantitative estimate of drug-likeness (QED) is 0.386. The fourth-order valence-corrected chi connectivity index (χ4v) is 3.17. The summed E-state index contributed by atoms with van der Waals surface area (Å²) in [4.78, 5) is 21.1. The number of amides is 1. The number of hydrogen-bond donors (Lipinski definition) is 1. The number of hydrogen-bond acceptors (Lipinski definition) is 5. The standard InChI is InChI=1S/C23H14ClN3O3/c24-16-3-1-14(2-4-16)19-7-8-21(29-19)22(28)26-17-5-6-20-18(13-17)27-23(30-20)15-9-11-25-12-10-15/h1-13H,(H,26,28). The van der Waals surface area contributed by atoms with E-state index in [4.69, 9.17) is 20.4 Å². The van der Waals surface area contributed by atoms with Crippen LogP contribution in [-0.4, -0.2) is 15.9 Å². The third kappa shape index (κ3) is 3.56. The molecule has 5 rings (SSSR count). The Hall–Kier alpha value is -3.90. The van der Waals surface area contributed by atoms with Crippen molar-refractivity contribution in [3.05, 3.63) is 89.9 Å². The highest BCUT2D eigenvalue weighted by atomic mass is 35.5. The number of nitrogens with one attached hydrogen (secondary N) is 1. The number of fused-ring (bicyclic) bond motifs is 1. The molecule has 0 saturated heterocycles. The first-order chi connectivity index (χ1) is 14.7. The minimum atomic E-state index is -0.354. The van der Waals surface area contributed by atoms with Crippen molar-refractivity contribution in [2.75, 3.05) is 5.32 Å². The van der Waals surface area contributed by atoms with Gasteiger partial charge in [-0.05, 0) is 66.7 Å². The van der Waals surface area contributed by atoms with Crippen LogP contribution in [0.25, 0.3) is 33.9 Å². The van der Waals surface area contributed by atoms with Crippen molar-refractivity contribution in [2.24, 2.45) is 0 Å². The van der Waals surface area contributed by atoms with Crippen LogP contribution in [0.5, 0.6) is 0 Å². The summed E-state index contributed by atoms with van der Waals surface area (Å²) >= 11 is 5.91. The van der Waals surface area contributed by atoms with Gasteiger partial charge in [0.15, 0.2) is 11.3 Å². The molecule has 0 bridgehead atoms. The van der Waals surface area contributed by atoms with Crippen molar-refractivity contribution in [3.8, 4) is 22.8 Å². The smallest absolute Gasteiger partial charge is 0.291 e. The van der Waals surface area contributed by atoms with Crippen LogP contribution in [0.15, 0.2) is 88.0 Å². The van der Waals surface area contributed by atoms with E-state index in [1.165, 1.54) is 0 Å². The van der Waals surface area contributed by atoms with Gasteiger partial charge in [0.05, 0.1) is 0 Å². The Morgan fingerprint density at radius 2 is 1.67 bits per heavy atom. The van der Waals surface area contributed by atoms with E-state index in [9.17, 15) is 4.79 Å². The first-order valence-electron chi connectivity index (χ1n) is 9.14. The van der Waals surface area contributed by atoms with Crippen molar-refractivity contribution < 1.29 is 13.6 Å². The number of anilines is 1. The summed E-state index contributed by atoms with van der Waals surface area (Å²) in [7, 11) is 0. The lowest BCUT2D eigenvalue weighted by atomic mass is 10.2. The molecule has 5 aromatic rings. The zero-order chi connectivity index (χ0) is 20.5. The van der Waals surface area contributed by atoms with Crippen LogP contribution >= 0.6 is 11.6 Å². The molecule has 6 nitrogen and oxygen atoms in total. The monoisotopic (exact) mass is 415 g/mol. The maximum Gasteiger partial charge on any atom is 0.291 e. The van der Waals surface area contributed by atoms with E-state index < -0.39 is 0 Å². The summed E-state index contributed by atoms with van der Waals surface area (Å²) < 4.78 is 11.5. The molecule has 0 aliphatic carbocycles. The van der Waals surface area contributed by atoms with Crippen LogP contribution in [0, 0.1) is 0 Å². The number of oxazole rings is 1. The molecular formula is C23H14ClN3O3. The summed E-state index contributed by atoms with van der Waals surface area (Å²) in [5.41, 5.74) is 3.53. The van der Waals surface area contributed by atoms with Crippen LogP contribution in [0.3, 0.4) is 0 Å². The number of aromatic nitrogens is 2. The minimum Gasteiger partial charge on any atom is -0.451 e. The van der Waals surface area contributed by atoms with Gasteiger partial charge in [0, 0.05) is 34.2 Å². The summed E-state index contributed by atoms with van der Waals surface area (Å²) in [5, 5.41) is 3.47. The Kier molecular flexibility index (Phi) is 4.53. The Morgan fingerprint density at radius 1 is 0.867 bits per heavy atom. The third-order valence-corrected chi connectivity index (χ3v) is 4.78. The second kappa shape index (κ2) is 7.50. The van der Waals surface area contributed by atoms with Crippen LogP contribution in [-0.2, 0) is 0 Å². The summed E-state index contributed by atoms with van der Waals surface area (Å²) in [6, 6.07) is 19.5. The zero-order valence-electron chi connectivity index (χ0n) is 15.5. The molecular weight excluding hydrogens is 402 g/mol. The Labute approximate surface area is 176 Å². The van der Waals surface area contributed by atoms with E-state index in [0.29, 0.717) is 33.5 Å². The van der Waals surface area contributed by atoms with Gasteiger partial charge >= 0.3 is 0 Å². The molecule has 3 heterocycles. The van der Waals surface area contributed by atoms with Gasteiger partial charge in [0.2, 0.25) is 5.89 Å². The van der Waals surface area contributed by atoms with Crippen molar-refractivity contribution in [2.45, 2.75) is 0 Å². The lowest BCUT2D eigenvalue weighted by Crippen LogP contribution is -2.10. The lowest BCUT2D eigenvalue weighted by Gasteiger charge is -2.02. The predicted octanol–water partition coefficient (Wildman–Crippen LogP) is 6.06. The highest BCUT2D eigenvalue weighted by molar-refractivity contribution is 6.30. The van der Waals surface area contributed by atoms with Gasteiger partial charge in [-0.1, -0.05) is 11.6 Å². The van der Waals surface area contributed by atoms with Crippen LogP contribution in [0.4, 0.5) is 5.69 Å². The average molecular weight is 416 g/mol. The Balaban J connectivity index is 1.36. The van der Waals surface area contributed by atoms with Gasteiger partial charge < -0.3 is 14.2 Å². The normalized spacial score (nSPS) is 11.0.